The maximum Gasteiger partial charge on any atom is 0.498 e. The molecule has 1 N–H and O–H groups in total. The maximum absolute atomic E-state index is 12.9. The molecule has 0 amide bonds. The molecule has 22 heteroatoms. The molecular formula is C63H70BBrN10O10. The standard InChI is InChI=1S/C26H25N5O3.C21H18BrN3O3.C16H27BN2O4/c1-14-25(15(2)29-28-14)19-6-8-20(27-12-19)13-31-22-11-23(33-5)21(10-18(22)7-9-24(31)32)26-16(3)30-34-17(26)4;1-12-21(13(2)28-24-12)17-8-14-4-7-20(26)25(18(14)9-19(17)27-3)11-16-6-5-15(22)10-23-16;1-10-12(17-22-15(6,7)16(8,9)23-17)11(2)19(18-10)13(20)21-14(3,4)5/h6-12H,13H2,1-5H3,(H,28,29);4-10H,11H2,1-3H3;1-9H3. The number of fused-ring (bicyclic) bond motifs is 2. The SMILES string of the molecule is COc1cc2c(ccc(=O)n2Cc2ccc(-c3c(C)n[nH]c3C)cn2)cc1-c1c(C)noc1C.COc1cc2c(ccc(=O)n2Cc2ccc(Br)cn2)cc1-c1c(C)noc1C.Cc1nn(C(=O)OC(C)(C)C)c(C)c1B1OC(C)(C)C(C)(C)O1. The molecule has 0 aliphatic carbocycles. The summed E-state index contributed by atoms with van der Waals surface area (Å²) in [4.78, 5) is 46.8. The summed E-state index contributed by atoms with van der Waals surface area (Å²) in [6.07, 6.45) is 3.05. The lowest BCUT2D eigenvalue weighted by Crippen LogP contribution is -2.41. The lowest BCUT2D eigenvalue weighted by molar-refractivity contribution is 0.00578. The molecule has 0 atom stereocenters. The quantitative estimate of drug-likeness (QED) is 0.125. The normalized spacial score (nSPS) is 13.6. The van der Waals surface area contributed by atoms with E-state index < -0.39 is 30.0 Å². The van der Waals surface area contributed by atoms with Gasteiger partial charge in [-0.3, -0.25) is 24.7 Å². The van der Waals surface area contributed by atoms with Gasteiger partial charge in [0, 0.05) is 80.2 Å². The number of methoxy groups -OCH3 is 2. The van der Waals surface area contributed by atoms with Crippen molar-refractivity contribution in [1.82, 2.24) is 49.4 Å². The summed E-state index contributed by atoms with van der Waals surface area (Å²) in [6, 6.07) is 22.4. The molecule has 11 rings (SSSR count). The van der Waals surface area contributed by atoms with E-state index in [0.717, 1.165) is 111 Å². The van der Waals surface area contributed by atoms with Crippen molar-refractivity contribution < 1.29 is 37.4 Å². The predicted molar refractivity (Wildman–Crippen MR) is 330 cm³/mol. The van der Waals surface area contributed by atoms with Crippen molar-refractivity contribution in [3.05, 3.63) is 167 Å². The monoisotopic (exact) mass is 1220 g/mol. The second-order valence-corrected chi connectivity index (χ2v) is 23.9. The Balaban J connectivity index is 0.000000156. The summed E-state index contributed by atoms with van der Waals surface area (Å²) in [5, 5.41) is 21.5. The smallest absolute Gasteiger partial charge is 0.496 e. The zero-order valence-corrected chi connectivity index (χ0v) is 52.6. The van der Waals surface area contributed by atoms with Crippen molar-refractivity contribution in [1.29, 1.82) is 0 Å². The number of H-pyrrole nitrogens is 1. The van der Waals surface area contributed by atoms with Gasteiger partial charge in [0.25, 0.3) is 11.1 Å². The van der Waals surface area contributed by atoms with Gasteiger partial charge in [-0.05, 0) is 173 Å². The Morgan fingerprint density at radius 1 is 0.647 bits per heavy atom. The molecule has 0 spiro atoms. The fourth-order valence-electron chi connectivity index (χ4n) is 10.3. The highest BCUT2D eigenvalue weighted by Crippen LogP contribution is 2.40. The first kappa shape index (κ1) is 61.1. The number of nitrogens with zero attached hydrogens (tertiary/aromatic N) is 9. The molecule has 1 aliphatic rings. The number of nitrogens with one attached hydrogen (secondary N) is 1. The number of aryl methyl sites for hydroxylation is 7. The van der Waals surface area contributed by atoms with Crippen LogP contribution >= 0.6 is 15.9 Å². The van der Waals surface area contributed by atoms with Crippen molar-refractivity contribution in [2.45, 2.75) is 134 Å². The summed E-state index contributed by atoms with van der Waals surface area (Å²) >= 11 is 3.38. The minimum absolute atomic E-state index is 0.0932. The van der Waals surface area contributed by atoms with Crippen LogP contribution in [-0.2, 0) is 27.1 Å². The Morgan fingerprint density at radius 2 is 1.14 bits per heavy atom. The van der Waals surface area contributed by atoms with Gasteiger partial charge < -0.3 is 41.7 Å². The van der Waals surface area contributed by atoms with Crippen molar-refractivity contribution >= 4 is 56.4 Å². The molecule has 8 aromatic heterocycles. The van der Waals surface area contributed by atoms with Gasteiger partial charge in [-0.25, -0.2) is 4.79 Å². The Labute approximate surface area is 501 Å². The number of hydrogen-bond donors (Lipinski definition) is 1. The third kappa shape index (κ3) is 12.5. The van der Waals surface area contributed by atoms with Gasteiger partial charge >= 0.3 is 13.2 Å². The van der Waals surface area contributed by atoms with Gasteiger partial charge in [0.1, 0.15) is 28.6 Å². The lowest BCUT2D eigenvalue weighted by atomic mass is 9.77. The molecule has 1 saturated heterocycles. The zero-order valence-electron chi connectivity index (χ0n) is 51.1. The summed E-state index contributed by atoms with van der Waals surface area (Å²) in [5.41, 5.74) is 12.8. The molecule has 0 unspecified atom stereocenters. The largest absolute Gasteiger partial charge is 0.498 e. The van der Waals surface area contributed by atoms with Crippen LogP contribution in [-0.4, -0.2) is 93.6 Å². The second kappa shape index (κ2) is 23.9. The van der Waals surface area contributed by atoms with Crippen LogP contribution in [0.15, 0.2) is 108 Å². The van der Waals surface area contributed by atoms with Crippen LogP contribution in [0, 0.1) is 55.4 Å². The first-order valence-electron chi connectivity index (χ1n) is 27.6. The van der Waals surface area contributed by atoms with Gasteiger partial charge in [0.2, 0.25) is 0 Å². The first-order chi connectivity index (χ1) is 40.1. The molecule has 0 radical (unpaired) electrons. The minimum atomic E-state index is -0.576. The average molecular weight is 1220 g/mol. The van der Waals surface area contributed by atoms with Crippen LogP contribution in [0.4, 0.5) is 4.79 Å². The van der Waals surface area contributed by atoms with Crippen LogP contribution in [0.25, 0.3) is 55.2 Å². The third-order valence-electron chi connectivity index (χ3n) is 15.3. The number of ether oxygens (including phenoxy) is 3. The van der Waals surface area contributed by atoms with E-state index in [0.29, 0.717) is 36.0 Å². The zero-order chi connectivity index (χ0) is 61.6. The molecule has 1 aliphatic heterocycles. The van der Waals surface area contributed by atoms with E-state index in [1.807, 2.05) is 171 Å². The number of halogens is 1. The van der Waals surface area contributed by atoms with E-state index in [4.69, 9.17) is 32.6 Å². The van der Waals surface area contributed by atoms with Crippen molar-refractivity contribution in [2.24, 2.45) is 0 Å². The summed E-state index contributed by atoms with van der Waals surface area (Å²) in [5.74, 6) is 2.75. The van der Waals surface area contributed by atoms with Crippen molar-refractivity contribution in [2.75, 3.05) is 14.2 Å². The van der Waals surface area contributed by atoms with Crippen LogP contribution in [0.2, 0.25) is 0 Å². The van der Waals surface area contributed by atoms with E-state index in [1.54, 1.807) is 41.7 Å². The molecule has 9 heterocycles. The number of carbonyl (C=O) groups is 1. The summed E-state index contributed by atoms with van der Waals surface area (Å²) in [7, 11) is 2.69. The molecule has 10 aromatic rings. The minimum Gasteiger partial charge on any atom is -0.496 e. The molecule has 85 heavy (non-hydrogen) atoms. The molecule has 2 aromatic carbocycles. The Hall–Kier alpha value is -8.47. The van der Waals surface area contributed by atoms with Gasteiger partial charge in [0.15, 0.2) is 0 Å². The van der Waals surface area contributed by atoms with Gasteiger partial charge in [-0.1, -0.05) is 16.4 Å². The number of aromatic amines is 1. The van der Waals surface area contributed by atoms with Crippen LogP contribution < -0.4 is 26.1 Å². The Bertz CT molecular complexity index is 4190. The molecule has 1 fully saturated rings. The predicted octanol–water partition coefficient (Wildman–Crippen LogP) is 11.8. The Kier molecular flexibility index (Phi) is 17.2. The average Bonchev–Trinajstić information content (AvgIpc) is 2.39. The highest BCUT2D eigenvalue weighted by Gasteiger charge is 2.53. The Morgan fingerprint density at radius 3 is 1.54 bits per heavy atom. The third-order valence-corrected chi connectivity index (χ3v) is 15.8. The molecule has 442 valence electrons. The van der Waals surface area contributed by atoms with E-state index in [1.165, 1.54) is 4.68 Å². The van der Waals surface area contributed by atoms with Gasteiger partial charge in [0.05, 0.1) is 94.8 Å². The maximum atomic E-state index is 12.9. The topological polar surface area (TPSA) is 232 Å². The number of pyridine rings is 4. The fraction of sp³-hybridized carbons (Fsp3) is 0.349. The summed E-state index contributed by atoms with van der Waals surface area (Å²) < 4.78 is 45.2. The van der Waals surface area contributed by atoms with E-state index in [9.17, 15) is 14.4 Å². The number of carbonyl (C=O) groups excluding carboxylic acids is 1. The van der Waals surface area contributed by atoms with Gasteiger partial charge in [-0.15, -0.1) is 0 Å². The number of aromatic nitrogens is 10. The van der Waals surface area contributed by atoms with E-state index in [2.05, 4.69) is 51.5 Å². The first-order valence-corrected chi connectivity index (χ1v) is 28.4. The lowest BCUT2D eigenvalue weighted by Gasteiger charge is -2.32. The summed E-state index contributed by atoms with van der Waals surface area (Å²) in [6.45, 7) is 29.3. The second-order valence-electron chi connectivity index (χ2n) is 23.0. The van der Waals surface area contributed by atoms with Gasteiger partial charge in [-0.2, -0.15) is 14.9 Å². The van der Waals surface area contributed by atoms with Crippen LogP contribution in [0.3, 0.4) is 0 Å². The van der Waals surface area contributed by atoms with Crippen molar-refractivity contribution in [3.63, 3.8) is 0 Å². The molecule has 0 bridgehead atoms. The number of rotatable bonds is 10. The molecular weight excluding hydrogens is 1150 g/mol. The molecule has 0 saturated carbocycles. The fourth-order valence-corrected chi connectivity index (χ4v) is 10.6. The van der Waals surface area contributed by atoms with E-state index in [-0.39, 0.29) is 11.1 Å². The number of hydrogen-bond acceptors (Lipinski definition) is 16. The highest BCUT2D eigenvalue weighted by molar-refractivity contribution is 9.10. The molecule has 20 nitrogen and oxygen atoms in total. The van der Waals surface area contributed by atoms with Crippen LogP contribution in [0.1, 0.15) is 106 Å². The van der Waals surface area contributed by atoms with Crippen LogP contribution in [0.5, 0.6) is 11.5 Å². The van der Waals surface area contributed by atoms with E-state index >= 15 is 0 Å². The van der Waals surface area contributed by atoms with Crippen molar-refractivity contribution in [3.8, 4) is 44.9 Å². The highest BCUT2D eigenvalue weighted by atomic mass is 79.9. The number of benzene rings is 2.